The van der Waals surface area contributed by atoms with Crippen molar-refractivity contribution in [2.75, 3.05) is 4.90 Å². The number of nitrogens with one attached hydrogen (secondary N) is 1. The van der Waals surface area contributed by atoms with E-state index in [0.29, 0.717) is 3.57 Å². The molecule has 0 aliphatic rings. The Kier molecular flexibility index (Phi) is 4.39. The Morgan fingerprint density at radius 2 is 2.33 bits per heavy atom. The van der Waals surface area contributed by atoms with Gasteiger partial charge in [0.1, 0.15) is 9.39 Å². The predicted octanol–water partition coefficient (Wildman–Crippen LogP) is 2.85. The molecule has 0 aromatic carbocycles. The lowest BCUT2D eigenvalue weighted by Crippen LogP contribution is -2.33. The molecule has 0 saturated heterocycles. The Balaban J connectivity index is 2.36. The first-order valence-corrected chi connectivity index (χ1v) is 7.57. The third-order valence-electron chi connectivity index (χ3n) is 2.58. The maximum atomic E-state index is 11.6. The second-order valence-corrected chi connectivity index (χ2v) is 6.28. The van der Waals surface area contributed by atoms with Crippen LogP contribution in [0.5, 0.6) is 0 Å². The fraction of sp³-hybridized carbons (Fsp3) is 0.333. The van der Waals surface area contributed by atoms with Gasteiger partial charge in [0.2, 0.25) is 0 Å². The number of hydrogen-bond donors (Lipinski definition) is 1. The van der Waals surface area contributed by atoms with Crippen LogP contribution >= 0.6 is 33.9 Å². The lowest BCUT2D eigenvalue weighted by atomic mass is 10.3. The molecule has 2 aromatic rings. The summed E-state index contributed by atoms with van der Waals surface area (Å²) in [5.41, 5.74) is -0.0857. The number of H-pyrrole nitrogens is 1. The maximum Gasteiger partial charge on any atom is 0.266 e. The number of halogens is 1. The van der Waals surface area contributed by atoms with Gasteiger partial charge in [0.25, 0.3) is 5.56 Å². The highest BCUT2D eigenvalue weighted by Gasteiger charge is 2.17. The summed E-state index contributed by atoms with van der Waals surface area (Å²) >= 11 is 3.77. The van der Waals surface area contributed by atoms with E-state index in [1.807, 2.05) is 6.07 Å². The summed E-state index contributed by atoms with van der Waals surface area (Å²) in [4.78, 5) is 22.0. The zero-order chi connectivity index (χ0) is 13.1. The second kappa shape index (κ2) is 5.83. The van der Waals surface area contributed by atoms with Crippen molar-refractivity contribution in [1.29, 1.82) is 0 Å². The average Bonchev–Trinajstić information content (AvgIpc) is 2.83. The summed E-state index contributed by atoms with van der Waals surface area (Å²) < 4.78 is 0.639. The molecule has 4 nitrogen and oxygen atoms in total. The van der Waals surface area contributed by atoms with Crippen LogP contribution in [0.2, 0.25) is 0 Å². The van der Waals surface area contributed by atoms with E-state index in [1.165, 1.54) is 11.2 Å². The highest BCUT2D eigenvalue weighted by atomic mass is 127. The van der Waals surface area contributed by atoms with Gasteiger partial charge in [-0.25, -0.2) is 4.98 Å². The van der Waals surface area contributed by atoms with Crippen molar-refractivity contribution in [3.63, 3.8) is 0 Å². The highest BCUT2D eigenvalue weighted by molar-refractivity contribution is 14.1. The van der Waals surface area contributed by atoms with Crippen LogP contribution in [0.1, 0.15) is 18.7 Å². The molecule has 0 spiro atoms. The fourth-order valence-electron chi connectivity index (χ4n) is 1.65. The zero-order valence-corrected chi connectivity index (χ0v) is 13.2. The Bertz CT molecular complexity index is 565. The number of aromatic nitrogens is 2. The van der Waals surface area contributed by atoms with Gasteiger partial charge in [0, 0.05) is 10.9 Å². The van der Waals surface area contributed by atoms with Crippen LogP contribution in [-0.2, 0) is 6.54 Å². The van der Waals surface area contributed by atoms with E-state index in [1.54, 1.807) is 11.3 Å². The first-order chi connectivity index (χ1) is 8.59. The van der Waals surface area contributed by atoms with E-state index >= 15 is 0 Å². The van der Waals surface area contributed by atoms with Crippen LogP contribution in [0, 0.1) is 3.57 Å². The minimum absolute atomic E-state index is 0.0857. The van der Waals surface area contributed by atoms with Crippen molar-refractivity contribution in [2.24, 2.45) is 0 Å². The SMILES string of the molecule is CC(C)N(Cc1cccs1)c1nc[nH]c(=O)c1I. The lowest BCUT2D eigenvalue weighted by molar-refractivity contribution is 0.672. The number of aromatic amines is 1. The molecule has 1 N–H and O–H groups in total. The highest BCUT2D eigenvalue weighted by Crippen LogP contribution is 2.22. The molecule has 0 radical (unpaired) electrons. The molecule has 2 aromatic heterocycles. The third-order valence-corrected chi connectivity index (χ3v) is 4.41. The Hall–Kier alpha value is -0.890. The summed E-state index contributed by atoms with van der Waals surface area (Å²) in [6.45, 7) is 4.99. The number of rotatable bonds is 4. The van der Waals surface area contributed by atoms with Gasteiger partial charge in [-0.15, -0.1) is 11.3 Å². The van der Waals surface area contributed by atoms with Gasteiger partial charge >= 0.3 is 0 Å². The van der Waals surface area contributed by atoms with Gasteiger partial charge in [0.05, 0.1) is 12.9 Å². The monoisotopic (exact) mass is 375 g/mol. The molecule has 0 fully saturated rings. The summed E-state index contributed by atoms with van der Waals surface area (Å²) in [6, 6.07) is 4.42. The normalized spacial score (nSPS) is 10.9. The van der Waals surface area contributed by atoms with Crippen molar-refractivity contribution in [2.45, 2.75) is 26.4 Å². The van der Waals surface area contributed by atoms with Crippen LogP contribution in [0.25, 0.3) is 0 Å². The molecule has 2 heterocycles. The fourth-order valence-corrected chi connectivity index (χ4v) is 2.95. The third kappa shape index (κ3) is 2.92. The molecule has 6 heteroatoms. The van der Waals surface area contributed by atoms with E-state index in [-0.39, 0.29) is 11.6 Å². The van der Waals surface area contributed by atoms with Crippen LogP contribution < -0.4 is 10.5 Å². The maximum absolute atomic E-state index is 11.6. The first kappa shape index (κ1) is 13.5. The molecule has 0 saturated carbocycles. The summed E-state index contributed by atoms with van der Waals surface area (Å²) in [7, 11) is 0. The summed E-state index contributed by atoms with van der Waals surface area (Å²) in [6.07, 6.45) is 1.46. The number of hydrogen-bond acceptors (Lipinski definition) is 4. The smallest absolute Gasteiger partial charge is 0.266 e. The second-order valence-electron chi connectivity index (χ2n) is 4.17. The first-order valence-electron chi connectivity index (χ1n) is 5.62. The van der Waals surface area contributed by atoms with E-state index in [2.05, 4.69) is 62.8 Å². The van der Waals surface area contributed by atoms with Gasteiger partial charge in [-0.3, -0.25) is 4.79 Å². The molecular formula is C12H14IN3OS. The molecule has 0 bridgehead atoms. The van der Waals surface area contributed by atoms with Crippen molar-refractivity contribution in [1.82, 2.24) is 9.97 Å². The van der Waals surface area contributed by atoms with Gasteiger partial charge < -0.3 is 9.88 Å². The summed E-state index contributed by atoms with van der Waals surface area (Å²) in [5.74, 6) is 0.753. The Morgan fingerprint density at radius 3 is 2.94 bits per heavy atom. The zero-order valence-electron chi connectivity index (χ0n) is 10.2. The number of nitrogens with zero attached hydrogens (tertiary/aromatic N) is 2. The quantitative estimate of drug-likeness (QED) is 0.837. The molecule has 96 valence electrons. The minimum atomic E-state index is -0.0857. The molecule has 2 rings (SSSR count). The van der Waals surface area contributed by atoms with Crippen LogP contribution in [0.4, 0.5) is 5.82 Å². The largest absolute Gasteiger partial charge is 0.348 e. The van der Waals surface area contributed by atoms with Crippen molar-refractivity contribution < 1.29 is 0 Å². The van der Waals surface area contributed by atoms with E-state index < -0.39 is 0 Å². The molecule has 0 aliphatic heterocycles. The van der Waals surface area contributed by atoms with Gasteiger partial charge in [0.15, 0.2) is 0 Å². The predicted molar refractivity (Wildman–Crippen MR) is 83.2 cm³/mol. The lowest BCUT2D eigenvalue weighted by Gasteiger charge is -2.27. The van der Waals surface area contributed by atoms with Crippen LogP contribution in [-0.4, -0.2) is 16.0 Å². The molecule has 0 amide bonds. The number of thiophene rings is 1. The Labute approximate surface area is 123 Å². The summed E-state index contributed by atoms with van der Waals surface area (Å²) in [5, 5.41) is 2.06. The minimum Gasteiger partial charge on any atom is -0.348 e. The van der Waals surface area contributed by atoms with Gasteiger partial charge in [-0.2, -0.15) is 0 Å². The van der Waals surface area contributed by atoms with Crippen molar-refractivity contribution in [3.8, 4) is 0 Å². The topological polar surface area (TPSA) is 49.0 Å². The van der Waals surface area contributed by atoms with E-state index in [0.717, 1.165) is 12.4 Å². The van der Waals surface area contributed by atoms with Gasteiger partial charge in [-0.1, -0.05) is 6.07 Å². The van der Waals surface area contributed by atoms with Crippen LogP contribution in [0.15, 0.2) is 28.6 Å². The molecule has 0 unspecified atom stereocenters. The van der Waals surface area contributed by atoms with Crippen molar-refractivity contribution >= 4 is 39.7 Å². The Morgan fingerprint density at radius 1 is 1.56 bits per heavy atom. The van der Waals surface area contributed by atoms with Crippen molar-refractivity contribution in [3.05, 3.63) is 42.6 Å². The van der Waals surface area contributed by atoms with Gasteiger partial charge in [-0.05, 0) is 47.9 Å². The average molecular weight is 375 g/mol. The molecular weight excluding hydrogens is 361 g/mol. The van der Waals surface area contributed by atoms with E-state index in [9.17, 15) is 4.79 Å². The molecule has 0 aliphatic carbocycles. The molecule has 0 atom stereocenters. The van der Waals surface area contributed by atoms with E-state index in [4.69, 9.17) is 0 Å². The number of anilines is 1. The standard InChI is InChI=1S/C12H14IN3OS/c1-8(2)16(6-9-4-3-5-18-9)11-10(13)12(17)15-7-14-11/h3-5,7-8H,6H2,1-2H3,(H,14,15,17). The van der Waals surface area contributed by atoms with Crippen LogP contribution in [0.3, 0.4) is 0 Å². The molecule has 18 heavy (non-hydrogen) atoms.